The average Bonchev–Trinajstić information content (AvgIpc) is 2.53. The Labute approximate surface area is 141 Å². The van der Waals surface area contributed by atoms with E-state index in [0.717, 1.165) is 23.8 Å². The van der Waals surface area contributed by atoms with Crippen molar-refractivity contribution < 1.29 is 8.78 Å². The van der Waals surface area contributed by atoms with Crippen LogP contribution >= 0.6 is 23.2 Å². The summed E-state index contributed by atoms with van der Waals surface area (Å²) in [5, 5.41) is 8.39. The van der Waals surface area contributed by atoms with Crippen LogP contribution in [0, 0.1) is 18.6 Å². The van der Waals surface area contributed by atoms with Gasteiger partial charge in [0.2, 0.25) is 0 Å². The van der Waals surface area contributed by atoms with Crippen molar-refractivity contribution in [3.8, 4) is 22.3 Å². The summed E-state index contributed by atoms with van der Waals surface area (Å²) >= 11 is 12.1. The fourth-order valence-corrected chi connectivity index (χ4v) is 2.77. The number of benzene rings is 2. The minimum Gasteiger partial charge on any atom is -0.207 e. The van der Waals surface area contributed by atoms with E-state index in [4.69, 9.17) is 23.2 Å². The predicted molar refractivity (Wildman–Crippen MR) is 87.6 cm³/mol. The van der Waals surface area contributed by atoms with Crippen molar-refractivity contribution in [1.29, 1.82) is 0 Å². The minimum absolute atomic E-state index is 0.00468. The molecule has 0 atom stereocenters. The molecule has 2 nitrogen and oxygen atoms in total. The molecule has 0 bridgehead atoms. The molecule has 0 amide bonds. The van der Waals surface area contributed by atoms with E-state index in [-0.39, 0.29) is 10.7 Å². The SMILES string of the molecule is Cc1nnc(Cl)c(-c2cc(F)ccc2F)c1-c1ccc(Cl)cc1. The van der Waals surface area contributed by atoms with Crippen LogP contribution in [0.2, 0.25) is 10.2 Å². The van der Waals surface area contributed by atoms with E-state index >= 15 is 0 Å². The molecule has 1 heterocycles. The van der Waals surface area contributed by atoms with Gasteiger partial charge in [-0.3, -0.25) is 0 Å². The van der Waals surface area contributed by atoms with Crippen LogP contribution in [0.15, 0.2) is 42.5 Å². The molecule has 0 saturated heterocycles. The van der Waals surface area contributed by atoms with E-state index < -0.39 is 11.6 Å². The van der Waals surface area contributed by atoms with Crippen molar-refractivity contribution in [2.45, 2.75) is 6.92 Å². The predicted octanol–water partition coefficient (Wildman–Crippen LogP) is 5.70. The molecule has 3 aromatic rings. The summed E-state index contributed by atoms with van der Waals surface area (Å²) < 4.78 is 27.8. The molecule has 0 fully saturated rings. The van der Waals surface area contributed by atoms with E-state index in [1.807, 2.05) is 0 Å². The number of hydrogen-bond donors (Lipinski definition) is 0. The van der Waals surface area contributed by atoms with Crippen molar-refractivity contribution in [3.63, 3.8) is 0 Å². The normalized spacial score (nSPS) is 10.8. The third-order valence-corrected chi connectivity index (χ3v) is 3.95. The zero-order chi connectivity index (χ0) is 16.6. The Kier molecular flexibility index (Phi) is 4.28. The van der Waals surface area contributed by atoms with Gasteiger partial charge in [0.15, 0.2) is 5.15 Å². The molecule has 0 aliphatic heterocycles. The summed E-state index contributed by atoms with van der Waals surface area (Å²) in [7, 11) is 0. The van der Waals surface area contributed by atoms with Gasteiger partial charge < -0.3 is 0 Å². The lowest BCUT2D eigenvalue weighted by atomic mass is 9.94. The second-order valence-electron chi connectivity index (χ2n) is 4.96. The molecule has 0 radical (unpaired) electrons. The zero-order valence-electron chi connectivity index (χ0n) is 11.9. The van der Waals surface area contributed by atoms with Gasteiger partial charge in [-0.15, -0.1) is 5.10 Å². The Morgan fingerprint density at radius 3 is 2.26 bits per heavy atom. The molecule has 2 aromatic carbocycles. The Balaban J connectivity index is 2.34. The van der Waals surface area contributed by atoms with Crippen molar-refractivity contribution in [2.75, 3.05) is 0 Å². The summed E-state index contributed by atoms with van der Waals surface area (Å²) in [4.78, 5) is 0. The smallest absolute Gasteiger partial charge is 0.160 e. The van der Waals surface area contributed by atoms with Gasteiger partial charge in [0, 0.05) is 21.7 Å². The molecule has 0 aliphatic rings. The van der Waals surface area contributed by atoms with E-state index in [1.165, 1.54) is 0 Å². The van der Waals surface area contributed by atoms with Gasteiger partial charge >= 0.3 is 0 Å². The van der Waals surface area contributed by atoms with Crippen LogP contribution in [0.1, 0.15) is 5.69 Å². The molecule has 116 valence electrons. The van der Waals surface area contributed by atoms with Gasteiger partial charge in [-0.25, -0.2) is 8.78 Å². The summed E-state index contributed by atoms with van der Waals surface area (Å²) in [6.45, 7) is 1.73. The van der Waals surface area contributed by atoms with Gasteiger partial charge in [-0.1, -0.05) is 35.3 Å². The summed E-state index contributed by atoms with van der Waals surface area (Å²) in [5.41, 5.74) is 2.22. The Hall–Kier alpha value is -2.04. The maximum Gasteiger partial charge on any atom is 0.160 e. The standard InChI is InChI=1S/C17H10Cl2F2N2/c1-9-15(10-2-4-11(18)5-3-10)16(17(19)23-22-9)13-8-12(20)6-7-14(13)21/h2-8H,1H3. The van der Waals surface area contributed by atoms with Crippen molar-refractivity contribution in [1.82, 2.24) is 10.2 Å². The first kappa shape index (κ1) is 15.8. The van der Waals surface area contributed by atoms with Crippen LogP contribution in [0.3, 0.4) is 0 Å². The summed E-state index contributed by atoms with van der Waals surface area (Å²) in [6, 6.07) is 10.1. The topological polar surface area (TPSA) is 25.8 Å². The van der Waals surface area contributed by atoms with Crippen molar-refractivity contribution in [2.24, 2.45) is 0 Å². The lowest BCUT2D eigenvalue weighted by Crippen LogP contribution is -1.99. The summed E-state index contributed by atoms with van der Waals surface area (Å²) in [6.07, 6.45) is 0. The number of aryl methyl sites for hydroxylation is 1. The molecular formula is C17H10Cl2F2N2. The average molecular weight is 351 g/mol. The third kappa shape index (κ3) is 3.05. The van der Waals surface area contributed by atoms with Crippen LogP contribution in [0.25, 0.3) is 22.3 Å². The lowest BCUT2D eigenvalue weighted by Gasteiger charge is -2.14. The summed E-state index contributed by atoms with van der Waals surface area (Å²) in [5.74, 6) is -1.15. The molecule has 0 unspecified atom stereocenters. The van der Waals surface area contributed by atoms with Gasteiger partial charge in [-0.2, -0.15) is 5.10 Å². The van der Waals surface area contributed by atoms with Gasteiger partial charge in [0.25, 0.3) is 0 Å². The van der Waals surface area contributed by atoms with Gasteiger partial charge in [0.1, 0.15) is 11.6 Å². The molecule has 1 aromatic heterocycles. The largest absolute Gasteiger partial charge is 0.207 e. The molecule has 0 spiro atoms. The molecule has 3 rings (SSSR count). The Bertz CT molecular complexity index is 881. The van der Waals surface area contributed by atoms with E-state index in [0.29, 0.717) is 21.8 Å². The number of halogens is 4. The van der Waals surface area contributed by atoms with E-state index in [9.17, 15) is 8.78 Å². The number of aromatic nitrogens is 2. The fraction of sp³-hybridized carbons (Fsp3) is 0.0588. The van der Waals surface area contributed by atoms with Crippen LogP contribution in [-0.4, -0.2) is 10.2 Å². The number of nitrogens with zero attached hydrogens (tertiary/aromatic N) is 2. The second kappa shape index (κ2) is 6.22. The number of rotatable bonds is 2. The maximum absolute atomic E-state index is 14.2. The third-order valence-electron chi connectivity index (χ3n) is 3.44. The van der Waals surface area contributed by atoms with E-state index in [2.05, 4.69) is 10.2 Å². The van der Waals surface area contributed by atoms with Crippen LogP contribution in [0.4, 0.5) is 8.78 Å². The minimum atomic E-state index is -0.587. The zero-order valence-corrected chi connectivity index (χ0v) is 13.5. The van der Waals surface area contributed by atoms with Gasteiger partial charge in [-0.05, 0) is 42.8 Å². The van der Waals surface area contributed by atoms with Crippen LogP contribution in [-0.2, 0) is 0 Å². The lowest BCUT2D eigenvalue weighted by molar-refractivity contribution is 0.603. The molecule has 6 heteroatoms. The molecule has 0 saturated carbocycles. The monoisotopic (exact) mass is 350 g/mol. The van der Waals surface area contributed by atoms with Crippen molar-refractivity contribution in [3.05, 3.63) is 70.0 Å². The molecule has 0 N–H and O–H groups in total. The van der Waals surface area contributed by atoms with Crippen molar-refractivity contribution >= 4 is 23.2 Å². The first-order chi connectivity index (χ1) is 11.0. The highest BCUT2D eigenvalue weighted by atomic mass is 35.5. The molecule has 23 heavy (non-hydrogen) atoms. The quantitative estimate of drug-likeness (QED) is 0.592. The highest BCUT2D eigenvalue weighted by Gasteiger charge is 2.20. The maximum atomic E-state index is 14.2. The number of hydrogen-bond acceptors (Lipinski definition) is 2. The van der Waals surface area contributed by atoms with E-state index in [1.54, 1.807) is 31.2 Å². The second-order valence-corrected chi connectivity index (χ2v) is 5.75. The fourth-order valence-electron chi connectivity index (χ4n) is 2.41. The highest BCUT2D eigenvalue weighted by Crippen LogP contribution is 2.39. The Morgan fingerprint density at radius 1 is 0.870 bits per heavy atom. The first-order valence-corrected chi connectivity index (χ1v) is 7.47. The highest BCUT2D eigenvalue weighted by molar-refractivity contribution is 6.33. The van der Waals surface area contributed by atoms with Crippen LogP contribution < -0.4 is 0 Å². The Morgan fingerprint density at radius 2 is 1.57 bits per heavy atom. The molecular weight excluding hydrogens is 341 g/mol. The van der Waals surface area contributed by atoms with Gasteiger partial charge in [0.05, 0.1) is 5.69 Å². The van der Waals surface area contributed by atoms with Crippen LogP contribution in [0.5, 0.6) is 0 Å². The molecule has 0 aliphatic carbocycles. The first-order valence-electron chi connectivity index (χ1n) is 6.71.